The summed E-state index contributed by atoms with van der Waals surface area (Å²) in [5, 5.41) is 0. The maximum Gasteiger partial charge on any atom is 0.326 e. The highest BCUT2D eigenvalue weighted by atomic mass is 32.2. The standard InChI is InChI=1S/C21H18FNO4S/c1-27-21(24)15-23(28(25,26)18-13-11-17(22)12-14-18)20-10-6-5-9-19(20)16-7-3-2-4-8-16/h2-14H,15H2,1H3. The molecule has 0 atom stereocenters. The average molecular weight is 399 g/mol. The Morgan fingerprint density at radius 1 is 0.929 bits per heavy atom. The normalized spacial score (nSPS) is 11.1. The maximum atomic E-state index is 13.3. The largest absolute Gasteiger partial charge is 0.468 e. The number of sulfonamides is 1. The lowest BCUT2D eigenvalue weighted by molar-refractivity contribution is -0.138. The quantitative estimate of drug-likeness (QED) is 0.591. The first-order valence-corrected chi connectivity index (χ1v) is 9.87. The Hall–Kier alpha value is -3.19. The fourth-order valence-corrected chi connectivity index (χ4v) is 4.20. The maximum absolute atomic E-state index is 13.3. The molecule has 3 aromatic carbocycles. The highest BCUT2D eigenvalue weighted by Crippen LogP contribution is 2.34. The summed E-state index contributed by atoms with van der Waals surface area (Å²) < 4.78 is 45.5. The molecule has 0 aliphatic carbocycles. The van der Waals surface area contributed by atoms with Crippen molar-refractivity contribution in [3.8, 4) is 11.1 Å². The Bertz CT molecular complexity index is 1070. The fourth-order valence-electron chi connectivity index (χ4n) is 2.77. The molecule has 0 saturated carbocycles. The van der Waals surface area contributed by atoms with Gasteiger partial charge < -0.3 is 4.74 Å². The molecule has 0 bridgehead atoms. The highest BCUT2D eigenvalue weighted by Gasteiger charge is 2.29. The van der Waals surface area contributed by atoms with Crippen LogP contribution >= 0.6 is 0 Å². The van der Waals surface area contributed by atoms with Gasteiger partial charge in [0.15, 0.2) is 0 Å². The number of halogens is 1. The van der Waals surface area contributed by atoms with E-state index < -0.39 is 28.4 Å². The molecule has 0 aliphatic heterocycles. The van der Waals surface area contributed by atoms with Gasteiger partial charge in [-0.15, -0.1) is 0 Å². The Labute approximate surface area is 163 Å². The van der Waals surface area contributed by atoms with E-state index >= 15 is 0 Å². The third kappa shape index (κ3) is 4.04. The minimum absolute atomic E-state index is 0.124. The topological polar surface area (TPSA) is 63.7 Å². The lowest BCUT2D eigenvalue weighted by atomic mass is 10.0. The minimum atomic E-state index is -4.14. The van der Waals surface area contributed by atoms with Crippen LogP contribution in [0.3, 0.4) is 0 Å². The van der Waals surface area contributed by atoms with Gasteiger partial charge in [-0.25, -0.2) is 12.8 Å². The molecule has 144 valence electrons. The highest BCUT2D eigenvalue weighted by molar-refractivity contribution is 7.92. The number of nitrogens with zero attached hydrogens (tertiary/aromatic N) is 1. The van der Waals surface area contributed by atoms with Gasteiger partial charge in [0.25, 0.3) is 10.0 Å². The number of rotatable bonds is 6. The summed E-state index contributed by atoms with van der Waals surface area (Å²) in [5.74, 6) is -1.27. The zero-order valence-electron chi connectivity index (χ0n) is 15.1. The second-order valence-electron chi connectivity index (χ2n) is 5.92. The Kier molecular flexibility index (Phi) is 5.75. The summed E-state index contributed by atoms with van der Waals surface area (Å²) in [6.45, 7) is -0.514. The molecule has 0 amide bonds. The number of carbonyl (C=O) groups excluding carboxylic acids is 1. The summed E-state index contributed by atoms with van der Waals surface area (Å²) in [7, 11) is -2.95. The van der Waals surface area contributed by atoms with Crippen LogP contribution < -0.4 is 4.31 Å². The first-order chi connectivity index (χ1) is 13.4. The summed E-state index contributed by atoms with van der Waals surface area (Å²) >= 11 is 0. The van der Waals surface area contributed by atoms with Gasteiger partial charge in [0.2, 0.25) is 0 Å². The van der Waals surface area contributed by atoms with Crippen LogP contribution in [-0.2, 0) is 19.6 Å². The number of benzene rings is 3. The number of anilines is 1. The van der Waals surface area contributed by atoms with E-state index in [4.69, 9.17) is 4.74 Å². The molecular weight excluding hydrogens is 381 g/mol. The van der Waals surface area contributed by atoms with Crippen molar-refractivity contribution in [1.82, 2.24) is 0 Å². The van der Waals surface area contributed by atoms with Crippen molar-refractivity contribution in [2.45, 2.75) is 4.90 Å². The Balaban J connectivity index is 2.17. The van der Waals surface area contributed by atoms with Gasteiger partial charge in [0.05, 0.1) is 17.7 Å². The number of esters is 1. The van der Waals surface area contributed by atoms with Crippen LogP contribution in [0.5, 0.6) is 0 Å². The molecule has 3 rings (SSSR count). The van der Waals surface area contributed by atoms with Crippen LogP contribution in [-0.4, -0.2) is 28.0 Å². The van der Waals surface area contributed by atoms with Gasteiger partial charge in [-0.05, 0) is 35.9 Å². The van der Waals surface area contributed by atoms with Crippen LogP contribution in [0.1, 0.15) is 0 Å². The van der Waals surface area contributed by atoms with Crippen molar-refractivity contribution >= 4 is 21.7 Å². The summed E-state index contributed by atoms with van der Waals surface area (Å²) in [5.41, 5.74) is 1.75. The van der Waals surface area contributed by atoms with Crippen LogP contribution in [0, 0.1) is 5.82 Å². The molecule has 0 heterocycles. The van der Waals surface area contributed by atoms with Gasteiger partial charge in [-0.2, -0.15) is 0 Å². The lowest BCUT2D eigenvalue weighted by Crippen LogP contribution is -2.36. The molecule has 0 radical (unpaired) electrons. The van der Waals surface area contributed by atoms with Gasteiger partial charge in [-0.1, -0.05) is 48.5 Å². The molecule has 5 nitrogen and oxygen atoms in total. The van der Waals surface area contributed by atoms with E-state index in [1.54, 1.807) is 24.3 Å². The van der Waals surface area contributed by atoms with Crippen molar-refractivity contribution in [2.75, 3.05) is 18.0 Å². The van der Waals surface area contributed by atoms with Crippen molar-refractivity contribution in [3.63, 3.8) is 0 Å². The predicted octanol–water partition coefficient (Wildman–Crippen LogP) is 3.86. The smallest absolute Gasteiger partial charge is 0.326 e. The van der Waals surface area contributed by atoms with E-state index in [9.17, 15) is 17.6 Å². The van der Waals surface area contributed by atoms with Gasteiger partial charge in [-0.3, -0.25) is 9.10 Å². The number of carbonyl (C=O) groups is 1. The molecule has 7 heteroatoms. The minimum Gasteiger partial charge on any atom is -0.468 e. The Morgan fingerprint density at radius 2 is 1.54 bits per heavy atom. The molecule has 0 unspecified atom stereocenters. The molecule has 28 heavy (non-hydrogen) atoms. The third-order valence-electron chi connectivity index (χ3n) is 4.16. The van der Waals surface area contributed by atoms with Crippen molar-refractivity contribution in [2.24, 2.45) is 0 Å². The summed E-state index contributed by atoms with van der Waals surface area (Å²) in [6.07, 6.45) is 0. The summed E-state index contributed by atoms with van der Waals surface area (Å²) in [4.78, 5) is 11.9. The van der Waals surface area contributed by atoms with E-state index in [2.05, 4.69) is 0 Å². The van der Waals surface area contributed by atoms with Crippen molar-refractivity contribution in [3.05, 3.63) is 84.7 Å². The van der Waals surface area contributed by atoms with Gasteiger partial charge in [0.1, 0.15) is 12.4 Å². The SMILES string of the molecule is COC(=O)CN(c1ccccc1-c1ccccc1)S(=O)(=O)c1ccc(F)cc1. The van der Waals surface area contributed by atoms with Crippen molar-refractivity contribution < 1.29 is 22.3 Å². The number of hydrogen-bond donors (Lipinski definition) is 0. The molecule has 3 aromatic rings. The number of para-hydroxylation sites is 1. The van der Waals surface area contributed by atoms with E-state index in [0.717, 1.165) is 22.0 Å². The molecule has 0 aromatic heterocycles. The third-order valence-corrected chi connectivity index (χ3v) is 5.93. The van der Waals surface area contributed by atoms with Crippen LogP contribution in [0.25, 0.3) is 11.1 Å². The van der Waals surface area contributed by atoms with E-state index in [0.29, 0.717) is 11.3 Å². The van der Waals surface area contributed by atoms with E-state index in [1.807, 2.05) is 30.3 Å². The fraction of sp³-hybridized carbons (Fsp3) is 0.0952. The predicted molar refractivity (Wildman–Crippen MR) is 105 cm³/mol. The second kappa shape index (κ2) is 8.22. The molecule has 0 fully saturated rings. The molecule has 0 spiro atoms. The summed E-state index contributed by atoms with van der Waals surface area (Å²) in [6, 6.07) is 20.5. The average Bonchev–Trinajstić information content (AvgIpc) is 2.72. The van der Waals surface area contributed by atoms with Crippen LogP contribution in [0.2, 0.25) is 0 Å². The first kappa shape index (κ1) is 19.6. The molecule has 0 N–H and O–H groups in total. The molecular formula is C21H18FNO4S. The monoisotopic (exact) mass is 399 g/mol. The van der Waals surface area contributed by atoms with Crippen molar-refractivity contribution in [1.29, 1.82) is 0 Å². The second-order valence-corrected chi connectivity index (χ2v) is 7.79. The van der Waals surface area contributed by atoms with E-state index in [1.165, 1.54) is 19.2 Å². The molecule has 0 saturated heterocycles. The van der Waals surface area contributed by atoms with Gasteiger partial charge >= 0.3 is 5.97 Å². The number of methoxy groups -OCH3 is 1. The number of ether oxygens (including phenoxy) is 1. The van der Waals surface area contributed by atoms with Crippen LogP contribution in [0.4, 0.5) is 10.1 Å². The van der Waals surface area contributed by atoms with E-state index in [-0.39, 0.29) is 4.90 Å². The zero-order chi connectivity index (χ0) is 20.1. The molecule has 0 aliphatic rings. The van der Waals surface area contributed by atoms with Crippen LogP contribution in [0.15, 0.2) is 83.8 Å². The zero-order valence-corrected chi connectivity index (χ0v) is 15.9. The lowest BCUT2D eigenvalue weighted by Gasteiger charge is -2.25. The number of hydrogen-bond acceptors (Lipinski definition) is 4. The van der Waals surface area contributed by atoms with Gasteiger partial charge in [0, 0.05) is 5.56 Å². The first-order valence-electron chi connectivity index (χ1n) is 8.43. The Morgan fingerprint density at radius 3 is 2.18 bits per heavy atom.